The minimum Gasteiger partial charge on any atom is -0.351 e. The van der Waals surface area contributed by atoms with Crippen molar-refractivity contribution in [3.8, 4) is 6.07 Å². The maximum atomic E-state index is 12.9. The molecule has 0 aromatic heterocycles. The van der Waals surface area contributed by atoms with Gasteiger partial charge in [-0.2, -0.15) is 5.26 Å². The summed E-state index contributed by atoms with van der Waals surface area (Å²) in [5.74, 6) is 0.357. The molecule has 1 aliphatic heterocycles. The lowest BCUT2D eigenvalue weighted by molar-refractivity contribution is -0.135. The van der Waals surface area contributed by atoms with Gasteiger partial charge in [0, 0.05) is 6.04 Å². The Balaban J connectivity index is 1.45. The van der Waals surface area contributed by atoms with Gasteiger partial charge in [0.1, 0.15) is 12.1 Å². The van der Waals surface area contributed by atoms with E-state index in [1.54, 1.807) is 31.2 Å². The smallest absolute Gasteiger partial charge is 0.325 e. The van der Waals surface area contributed by atoms with Crippen LogP contribution in [0.2, 0.25) is 0 Å². The predicted molar refractivity (Wildman–Crippen MR) is 96.1 cm³/mol. The average molecular weight is 366 g/mol. The number of hydrogen-bond acceptors (Lipinski definition) is 4. The van der Waals surface area contributed by atoms with E-state index in [-0.39, 0.29) is 18.5 Å². The lowest BCUT2D eigenvalue weighted by Crippen LogP contribution is -2.46. The van der Waals surface area contributed by atoms with E-state index in [1.165, 1.54) is 0 Å². The normalized spacial score (nSPS) is 24.7. The highest BCUT2D eigenvalue weighted by atomic mass is 16.2. The minimum atomic E-state index is -1.24. The molecule has 0 bridgehead atoms. The van der Waals surface area contributed by atoms with Crippen molar-refractivity contribution < 1.29 is 14.4 Å². The van der Waals surface area contributed by atoms with Crippen molar-refractivity contribution in [3.05, 3.63) is 35.4 Å². The average Bonchev–Trinajstić information content (AvgIpc) is 3.56. The summed E-state index contributed by atoms with van der Waals surface area (Å²) in [5.41, 5.74) is -0.185. The summed E-state index contributed by atoms with van der Waals surface area (Å²) in [6.07, 6.45) is 4.56. The highest BCUT2D eigenvalue weighted by molar-refractivity contribution is 6.09. The number of urea groups is 1. The Labute approximate surface area is 157 Å². The molecule has 2 aliphatic carbocycles. The second kappa shape index (κ2) is 6.38. The number of rotatable bonds is 6. The van der Waals surface area contributed by atoms with Crippen LogP contribution in [-0.4, -0.2) is 35.3 Å². The minimum absolute atomic E-state index is 0.183. The third-order valence-corrected chi connectivity index (χ3v) is 5.76. The van der Waals surface area contributed by atoms with Crippen molar-refractivity contribution in [1.82, 2.24) is 15.5 Å². The van der Waals surface area contributed by atoms with Gasteiger partial charge in [0.05, 0.1) is 11.6 Å². The van der Waals surface area contributed by atoms with Crippen molar-refractivity contribution in [3.63, 3.8) is 0 Å². The molecule has 4 amide bonds. The van der Waals surface area contributed by atoms with Crippen molar-refractivity contribution in [2.45, 2.75) is 44.2 Å². The molecule has 140 valence electrons. The fourth-order valence-corrected chi connectivity index (χ4v) is 3.82. The van der Waals surface area contributed by atoms with E-state index in [1.807, 2.05) is 6.07 Å². The van der Waals surface area contributed by atoms with Crippen LogP contribution in [0.25, 0.3) is 0 Å². The number of benzene rings is 1. The number of hydrogen-bond donors (Lipinski definition) is 2. The topological polar surface area (TPSA) is 102 Å². The molecule has 1 atom stereocenters. The molecule has 27 heavy (non-hydrogen) atoms. The maximum absolute atomic E-state index is 12.9. The second-order valence-corrected chi connectivity index (χ2v) is 7.90. The Kier molecular flexibility index (Phi) is 4.14. The third kappa shape index (κ3) is 3.27. The first-order valence-electron chi connectivity index (χ1n) is 9.36. The number of nitriles is 1. The van der Waals surface area contributed by atoms with Crippen LogP contribution >= 0.6 is 0 Å². The Bertz CT molecular complexity index is 824. The molecule has 2 N–H and O–H groups in total. The highest BCUT2D eigenvalue weighted by Gasteiger charge is 2.50. The molecular formula is C20H22N4O3. The molecule has 2 saturated carbocycles. The summed E-state index contributed by atoms with van der Waals surface area (Å²) in [7, 11) is 0. The molecule has 0 spiro atoms. The standard InChI is InChI=1S/C20H22N4O3/c1-20(15-8-2-12(10-21)3-9-15)18(26)24(19(27)23-20)11-16(25)22-17(13-4-5-13)14-6-7-14/h2-3,8-9,13-14,17H,4-7,11H2,1H3,(H,22,25)(H,23,27). The molecule has 3 aliphatic rings. The Morgan fingerprint density at radius 2 is 1.85 bits per heavy atom. The molecule has 1 unspecified atom stereocenters. The van der Waals surface area contributed by atoms with Crippen LogP contribution in [0.4, 0.5) is 4.79 Å². The van der Waals surface area contributed by atoms with Gasteiger partial charge in [-0.25, -0.2) is 4.79 Å². The zero-order chi connectivity index (χ0) is 19.2. The van der Waals surface area contributed by atoms with Crippen molar-refractivity contribution in [2.75, 3.05) is 6.54 Å². The van der Waals surface area contributed by atoms with E-state index in [9.17, 15) is 14.4 Å². The summed E-state index contributed by atoms with van der Waals surface area (Å²) in [5, 5.41) is 14.6. The van der Waals surface area contributed by atoms with E-state index in [4.69, 9.17) is 5.26 Å². The predicted octanol–water partition coefficient (Wildman–Crippen LogP) is 1.63. The molecule has 3 fully saturated rings. The first-order valence-corrected chi connectivity index (χ1v) is 9.36. The molecule has 1 aromatic carbocycles. The van der Waals surface area contributed by atoms with Crippen molar-refractivity contribution in [2.24, 2.45) is 11.8 Å². The van der Waals surface area contributed by atoms with Gasteiger partial charge >= 0.3 is 6.03 Å². The Hall–Kier alpha value is -2.88. The first-order chi connectivity index (χ1) is 12.9. The lowest BCUT2D eigenvalue weighted by Gasteiger charge is -2.23. The fraction of sp³-hybridized carbons (Fsp3) is 0.500. The maximum Gasteiger partial charge on any atom is 0.325 e. The zero-order valence-corrected chi connectivity index (χ0v) is 15.2. The summed E-state index contributed by atoms with van der Waals surface area (Å²) in [6, 6.07) is 8.14. The van der Waals surface area contributed by atoms with E-state index in [0.29, 0.717) is 23.0 Å². The lowest BCUT2D eigenvalue weighted by atomic mass is 9.91. The van der Waals surface area contributed by atoms with Crippen LogP contribution in [-0.2, 0) is 15.1 Å². The quantitative estimate of drug-likeness (QED) is 0.747. The highest BCUT2D eigenvalue weighted by Crippen LogP contribution is 2.44. The van der Waals surface area contributed by atoms with Gasteiger partial charge in [0.25, 0.3) is 5.91 Å². The number of carbonyl (C=O) groups is 3. The van der Waals surface area contributed by atoms with Crippen LogP contribution in [0.15, 0.2) is 24.3 Å². The van der Waals surface area contributed by atoms with E-state index in [0.717, 1.165) is 30.6 Å². The van der Waals surface area contributed by atoms with Crippen LogP contribution < -0.4 is 10.6 Å². The van der Waals surface area contributed by atoms with Gasteiger partial charge in [-0.3, -0.25) is 14.5 Å². The number of nitrogens with one attached hydrogen (secondary N) is 2. The molecule has 7 heteroatoms. The summed E-state index contributed by atoms with van der Waals surface area (Å²) in [6.45, 7) is 1.34. The molecule has 0 radical (unpaired) electrons. The second-order valence-electron chi connectivity index (χ2n) is 7.90. The summed E-state index contributed by atoms with van der Waals surface area (Å²) >= 11 is 0. The van der Waals surface area contributed by atoms with Crippen molar-refractivity contribution in [1.29, 1.82) is 5.26 Å². The van der Waals surface area contributed by atoms with Gasteiger partial charge in [0.15, 0.2) is 0 Å². The van der Waals surface area contributed by atoms with Crippen LogP contribution in [0.3, 0.4) is 0 Å². The third-order valence-electron chi connectivity index (χ3n) is 5.76. The molecule has 1 saturated heterocycles. The van der Waals surface area contributed by atoms with Crippen molar-refractivity contribution >= 4 is 17.8 Å². The summed E-state index contributed by atoms with van der Waals surface area (Å²) in [4.78, 5) is 38.7. The first kappa shape index (κ1) is 17.5. The SMILES string of the molecule is CC1(c2ccc(C#N)cc2)NC(=O)N(CC(=O)NC(C2CC2)C2CC2)C1=O. The van der Waals surface area contributed by atoms with Crippen LogP contribution in [0.5, 0.6) is 0 Å². The number of amides is 4. The molecule has 1 heterocycles. The summed E-state index contributed by atoms with van der Waals surface area (Å²) < 4.78 is 0. The van der Waals surface area contributed by atoms with Gasteiger partial charge in [0.2, 0.25) is 5.91 Å². The molecule has 1 aromatic rings. The van der Waals surface area contributed by atoms with Crippen LogP contribution in [0.1, 0.15) is 43.7 Å². The van der Waals surface area contributed by atoms with Gasteiger partial charge in [-0.15, -0.1) is 0 Å². The molecule has 4 rings (SSSR count). The number of nitrogens with zero attached hydrogens (tertiary/aromatic N) is 2. The Morgan fingerprint density at radius 1 is 1.26 bits per heavy atom. The monoisotopic (exact) mass is 366 g/mol. The van der Waals surface area contributed by atoms with E-state index in [2.05, 4.69) is 10.6 Å². The van der Waals surface area contributed by atoms with Gasteiger partial charge in [-0.05, 0) is 62.1 Å². The van der Waals surface area contributed by atoms with Crippen LogP contribution in [0, 0.1) is 23.2 Å². The molecule has 7 nitrogen and oxygen atoms in total. The van der Waals surface area contributed by atoms with Gasteiger partial charge in [-0.1, -0.05) is 12.1 Å². The zero-order valence-electron chi connectivity index (χ0n) is 15.2. The van der Waals surface area contributed by atoms with E-state index < -0.39 is 17.5 Å². The Morgan fingerprint density at radius 3 is 2.37 bits per heavy atom. The number of imide groups is 1. The largest absolute Gasteiger partial charge is 0.351 e. The number of carbonyl (C=O) groups excluding carboxylic acids is 3. The van der Waals surface area contributed by atoms with Gasteiger partial charge < -0.3 is 10.6 Å². The molecular weight excluding hydrogens is 344 g/mol. The fourth-order valence-electron chi connectivity index (χ4n) is 3.82. The van der Waals surface area contributed by atoms with E-state index >= 15 is 0 Å².